The minimum Gasteiger partial charge on any atom is -0.480 e. The number of aliphatic carboxylic acids is 1. The molecule has 5 nitrogen and oxygen atoms in total. The summed E-state index contributed by atoms with van der Waals surface area (Å²) in [6.07, 6.45) is -5.07. The van der Waals surface area contributed by atoms with Crippen molar-refractivity contribution < 1.29 is 27.9 Å². The number of carbonyl (C=O) groups is 2. The van der Waals surface area contributed by atoms with E-state index in [-0.39, 0.29) is 5.69 Å². The highest BCUT2D eigenvalue weighted by Gasteiger charge is 2.36. The third kappa shape index (κ3) is 5.25. The van der Waals surface area contributed by atoms with E-state index in [1.807, 2.05) is 0 Å². The topological polar surface area (TPSA) is 79.3 Å². The van der Waals surface area contributed by atoms with Gasteiger partial charge in [-0.2, -0.15) is 13.2 Å². The highest BCUT2D eigenvalue weighted by molar-refractivity contribution is 9.10. The molecule has 0 aliphatic heterocycles. The summed E-state index contributed by atoms with van der Waals surface area (Å²) < 4.78 is 37.0. The number of amides is 1. The molecule has 0 fully saturated rings. The van der Waals surface area contributed by atoms with E-state index in [1.165, 1.54) is 18.3 Å². The molecule has 0 saturated carbocycles. The zero-order chi connectivity index (χ0) is 14.6. The summed E-state index contributed by atoms with van der Waals surface area (Å²) in [5, 5.41) is 10.4. The number of hydrogen-bond acceptors (Lipinski definition) is 3. The van der Waals surface area contributed by atoms with Gasteiger partial charge in [-0.1, -0.05) is 0 Å². The van der Waals surface area contributed by atoms with Crippen LogP contribution in [0.2, 0.25) is 0 Å². The summed E-state index contributed by atoms with van der Waals surface area (Å²) in [5.41, 5.74) is -0.170. The van der Waals surface area contributed by atoms with Gasteiger partial charge in [0.1, 0.15) is 11.7 Å². The third-order valence-electron chi connectivity index (χ3n) is 2.00. The number of nitrogens with one attached hydrogen (secondary N) is 1. The summed E-state index contributed by atoms with van der Waals surface area (Å²) in [7, 11) is 0. The van der Waals surface area contributed by atoms with Gasteiger partial charge in [0.15, 0.2) is 0 Å². The van der Waals surface area contributed by atoms with Crippen molar-refractivity contribution in [1.29, 1.82) is 0 Å². The van der Waals surface area contributed by atoms with Crippen molar-refractivity contribution in [3.63, 3.8) is 0 Å². The molecule has 1 aromatic heterocycles. The largest absolute Gasteiger partial charge is 0.480 e. The van der Waals surface area contributed by atoms with Crippen molar-refractivity contribution in [2.75, 3.05) is 0 Å². The van der Waals surface area contributed by atoms with Crippen LogP contribution >= 0.6 is 15.9 Å². The molecule has 19 heavy (non-hydrogen) atoms. The van der Waals surface area contributed by atoms with E-state index in [9.17, 15) is 22.8 Å². The van der Waals surface area contributed by atoms with Gasteiger partial charge in [-0.25, -0.2) is 9.78 Å². The number of carbonyl (C=O) groups excluding carboxylic acids is 1. The number of carboxylic acids is 1. The number of hydrogen-bond donors (Lipinski definition) is 2. The molecule has 1 heterocycles. The lowest BCUT2D eigenvalue weighted by atomic mass is 10.2. The van der Waals surface area contributed by atoms with Gasteiger partial charge in [0, 0.05) is 10.7 Å². The Bertz CT molecular complexity index is 476. The van der Waals surface area contributed by atoms with E-state index in [2.05, 4.69) is 20.9 Å². The molecule has 0 spiro atoms. The number of alkyl halides is 3. The van der Waals surface area contributed by atoms with Gasteiger partial charge >= 0.3 is 12.1 Å². The Hall–Kier alpha value is -1.64. The lowest BCUT2D eigenvalue weighted by Gasteiger charge is -2.15. The number of rotatable bonds is 4. The Balaban J connectivity index is 2.77. The fourth-order valence-electron chi connectivity index (χ4n) is 1.17. The fraction of sp³-hybridized carbons (Fsp3) is 0.300. The molecule has 104 valence electrons. The fourth-order valence-corrected chi connectivity index (χ4v) is 1.41. The second-order valence-corrected chi connectivity index (χ2v) is 4.46. The minimum absolute atomic E-state index is 0.170. The molecular formula is C10H8BrF3N2O3. The third-order valence-corrected chi connectivity index (χ3v) is 2.47. The smallest absolute Gasteiger partial charge is 0.391 e. The first-order chi connectivity index (χ1) is 8.69. The average molecular weight is 341 g/mol. The van der Waals surface area contributed by atoms with E-state index >= 15 is 0 Å². The zero-order valence-electron chi connectivity index (χ0n) is 9.24. The van der Waals surface area contributed by atoms with Crippen LogP contribution in [0.4, 0.5) is 13.2 Å². The maximum atomic E-state index is 12.1. The maximum Gasteiger partial charge on any atom is 0.391 e. The SMILES string of the molecule is O=C(NC(CC(F)(F)F)C(=O)O)c1ccc(Br)cn1. The number of nitrogens with zero attached hydrogens (tertiary/aromatic N) is 1. The van der Waals surface area contributed by atoms with Crippen molar-refractivity contribution in [2.24, 2.45) is 0 Å². The molecule has 0 aliphatic rings. The van der Waals surface area contributed by atoms with Crippen LogP contribution in [0.15, 0.2) is 22.8 Å². The van der Waals surface area contributed by atoms with Gasteiger partial charge in [-0.05, 0) is 28.1 Å². The van der Waals surface area contributed by atoms with E-state index in [0.717, 1.165) is 0 Å². The highest BCUT2D eigenvalue weighted by atomic mass is 79.9. The standard InChI is InChI=1S/C10H8BrF3N2O3/c11-5-1-2-6(15-4-5)8(17)16-7(9(18)19)3-10(12,13)14/h1-2,4,7H,3H2,(H,16,17)(H,18,19). The van der Waals surface area contributed by atoms with Crippen molar-refractivity contribution in [3.8, 4) is 0 Å². The quantitative estimate of drug-likeness (QED) is 0.878. The summed E-state index contributed by atoms with van der Waals surface area (Å²) in [6.45, 7) is 0. The molecule has 2 N–H and O–H groups in total. The lowest BCUT2D eigenvalue weighted by molar-refractivity contribution is -0.157. The van der Waals surface area contributed by atoms with Crippen LogP contribution in [0, 0.1) is 0 Å². The van der Waals surface area contributed by atoms with E-state index in [4.69, 9.17) is 5.11 Å². The maximum absolute atomic E-state index is 12.1. The van der Waals surface area contributed by atoms with Crippen LogP contribution in [0.5, 0.6) is 0 Å². The second kappa shape index (κ2) is 6.00. The molecule has 0 saturated heterocycles. The second-order valence-electron chi connectivity index (χ2n) is 3.55. The normalized spacial score (nSPS) is 12.8. The van der Waals surface area contributed by atoms with Crippen LogP contribution in [0.25, 0.3) is 0 Å². The average Bonchev–Trinajstić information content (AvgIpc) is 2.27. The molecule has 9 heteroatoms. The van der Waals surface area contributed by atoms with Crippen LogP contribution in [0.3, 0.4) is 0 Å². The first-order valence-corrected chi connectivity index (χ1v) is 5.70. The predicted octanol–water partition coefficient (Wildman–Crippen LogP) is 1.98. The van der Waals surface area contributed by atoms with E-state index in [0.29, 0.717) is 4.47 Å². The van der Waals surface area contributed by atoms with Gasteiger partial charge < -0.3 is 10.4 Å². The van der Waals surface area contributed by atoms with E-state index in [1.54, 1.807) is 5.32 Å². The van der Waals surface area contributed by atoms with Crippen LogP contribution in [-0.4, -0.2) is 34.2 Å². The number of carboxylic acid groups (broad SMARTS) is 1. The Morgan fingerprint density at radius 3 is 2.47 bits per heavy atom. The number of aromatic nitrogens is 1. The van der Waals surface area contributed by atoms with Gasteiger partial charge in [-0.3, -0.25) is 4.79 Å². The molecule has 0 aliphatic carbocycles. The van der Waals surface area contributed by atoms with Crippen LogP contribution in [-0.2, 0) is 4.79 Å². The van der Waals surface area contributed by atoms with Crippen LogP contribution in [0.1, 0.15) is 16.9 Å². The van der Waals surface area contributed by atoms with Gasteiger partial charge in [-0.15, -0.1) is 0 Å². The molecule has 0 aromatic carbocycles. The number of halogens is 4. The Morgan fingerprint density at radius 2 is 2.05 bits per heavy atom. The molecular weight excluding hydrogens is 333 g/mol. The summed E-state index contributed by atoms with van der Waals surface area (Å²) in [5.74, 6) is -2.74. The summed E-state index contributed by atoms with van der Waals surface area (Å²) in [6, 6.07) is 0.672. The summed E-state index contributed by atoms with van der Waals surface area (Å²) >= 11 is 3.07. The summed E-state index contributed by atoms with van der Waals surface area (Å²) in [4.78, 5) is 25.8. The Morgan fingerprint density at radius 1 is 1.42 bits per heavy atom. The van der Waals surface area contributed by atoms with Crippen molar-refractivity contribution in [3.05, 3.63) is 28.5 Å². The Kier molecular flexibility index (Phi) is 4.87. The first kappa shape index (κ1) is 15.4. The molecule has 1 rings (SSSR count). The number of pyridine rings is 1. The van der Waals surface area contributed by atoms with Crippen molar-refractivity contribution >= 4 is 27.8 Å². The Labute approximate surface area is 114 Å². The molecule has 1 atom stereocenters. The van der Waals surface area contributed by atoms with Crippen molar-refractivity contribution in [2.45, 2.75) is 18.6 Å². The monoisotopic (exact) mass is 340 g/mol. The van der Waals surface area contributed by atoms with Crippen molar-refractivity contribution in [1.82, 2.24) is 10.3 Å². The molecule has 0 radical (unpaired) electrons. The first-order valence-electron chi connectivity index (χ1n) is 4.91. The van der Waals surface area contributed by atoms with Gasteiger partial charge in [0.25, 0.3) is 5.91 Å². The molecule has 1 unspecified atom stereocenters. The zero-order valence-corrected chi connectivity index (χ0v) is 10.8. The lowest BCUT2D eigenvalue weighted by Crippen LogP contribution is -2.43. The molecule has 1 amide bonds. The minimum atomic E-state index is -4.69. The highest BCUT2D eigenvalue weighted by Crippen LogP contribution is 2.21. The predicted molar refractivity (Wildman–Crippen MR) is 61.5 cm³/mol. The molecule has 0 bridgehead atoms. The van der Waals surface area contributed by atoms with Gasteiger partial charge in [0.05, 0.1) is 6.42 Å². The molecule has 1 aromatic rings. The van der Waals surface area contributed by atoms with Crippen LogP contribution < -0.4 is 5.32 Å². The van der Waals surface area contributed by atoms with E-state index < -0.39 is 30.5 Å². The van der Waals surface area contributed by atoms with Gasteiger partial charge in [0.2, 0.25) is 0 Å².